The number of halogens is 1. The van der Waals surface area contributed by atoms with Crippen LogP contribution in [0.15, 0.2) is 23.1 Å². The minimum Gasteiger partial charge on any atom is -0.375 e. The first kappa shape index (κ1) is 23.2. The van der Waals surface area contributed by atoms with Crippen molar-refractivity contribution in [2.24, 2.45) is 0 Å². The zero-order chi connectivity index (χ0) is 21.7. The largest absolute Gasteiger partial charge is 0.375 e. The normalized spacial score (nSPS) is 19.4. The summed E-state index contributed by atoms with van der Waals surface area (Å²) in [7, 11) is -3.98. The highest BCUT2D eigenvalue weighted by molar-refractivity contribution is 7.89. The number of ether oxygens (including phenoxy) is 1. The average molecular weight is 441 g/mol. The predicted molar refractivity (Wildman–Crippen MR) is 113 cm³/mol. The number of sulfonamides is 1. The second kappa shape index (κ2) is 10.2. The summed E-state index contributed by atoms with van der Waals surface area (Å²) in [5, 5.41) is 0. The van der Waals surface area contributed by atoms with Crippen molar-refractivity contribution in [3.63, 3.8) is 0 Å². The number of piperidine rings is 1. The first-order chi connectivity index (χ1) is 14.4. The molecule has 0 spiro atoms. The van der Waals surface area contributed by atoms with Crippen LogP contribution in [0.4, 0.5) is 4.39 Å². The third-order valence-electron chi connectivity index (χ3n) is 6.17. The predicted octanol–water partition coefficient (Wildman–Crippen LogP) is 3.81. The summed E-state index contributed by atoms with van der Waals surface area (Å²) in [6, 6.07) is 3.61. The van der Waals surface area contributed by atoms with Gasteiger partial charge in [-0.3, -0.25) is 4.79 Å². The maximum atomic E-state index is 14.3. The number of hydrogen-bond acceptors (Lipinski definition) is 4. The number of carbonyl (C=O) groups excluding carboxylic acids is 1. The molecule has 0 bridgehead atoms. The van der Waals surface area contributed by atoms with E-state index in [1.807, 2.05) is 0 Å². The summed E-state index contributed by atoms with van der Waals surface area (Å²) in [5.74, 6) is -1.10. The van der Waals surface area contributed by atoms with Gasteiger partial charge in [-0.25, -0.2) is 12.8 Å². The molecule has 1 aliphatic heterocycles. The molecule has 0 N–H and O–H groups in total. The lowest BCUT2D eigenvalue weighted by molar-refractivity contribution is -0.0527. The molecule has 1 saturated carbocycles. The van der Waals surface area contributed by atoms with Crippen LogP contribution in [-0.4, -0.2) is 61.9 Å². The van der Waals surface area contributed by atoms with Crippen molar-refractivity contribution < 1.29 is 22.3 Å². The van der Waals surface area contributed by atoms with Gasteiger partial charge in [0.25, 0.3) is 5.91 Å². The molecular weight excluding hydrogens is 407 g/mol. The van der Waals surface area contributed by atoms with Crippen molar-refractivity contribution in [1.29, 1.82) is 0 Å². The summed E-state index contributed by atoms with van der Waals surface area (Å²) in [5.41, 5.74) is 0.203. The van der Waals surface area contributed by atoms with Crippen molar-refractivity contribution >= 4 is 15.9 Å². The van der Waals surface area contributed by atoms with E-state index >= 15 is 0 Å². The smallest absolute Gasteiger partial charge is 0.253 e. The molecular formula is C22H33FN2O4S. The molecule has 168 valence electrons. The van der Waals surface area contributed by atoms with Gasteiger partial charge in [-0.2, -0.15) is 4.31 Å². The highest BCUT2D eigenvalue weighted by Gasteiger charge is 2.29. The van der Waals surface area contributed by atoms with Gasteiger partial charge >= 0.3 is 0 Å². The maximum absolute atomic E-state index is 14.3. The van der Waals surface area contributed by atoms with E-state index in [9.17, 15) is 17.6 Å². The topological polar surface area (TPSA) is 66.9 Å². The minimum absolute atomic E-state index is 0.170. The maximum Gasteiger partial charge on any atom is 0.253 e. The molecule has 3 rings (SSSR count). The molecule has 0 aromatic heterocycles. The Hall–Kier alpha value is -1.51. The van der Waals surface area contributed by atoms with E-state index in [0.717, 1.165) is 31.7 Å². The zero-order valence-corrected chi connectivity index (χ0v) is 18.8. The summed E-state index contributed by atoms with van der Waals surface area (Å²) < 4.78 is 47.2. The monoisotopic (exact) mass is 440 g/mol. The van der Waals surface area contributed by atoms with E-state index in [-0.39, 0.29) is 30.7 Å². The second-order valence-electron chi connectivity index (χ2n) is 8.12. The molecule has 30 heavy (non-hydrogen) atoms. The van der Waals surface area contributed by atoms with Crippen molar-refractivity contribution in [2.45, 2.75) is 75.9 Å². The molecule has 2 fully saturated rings. The van der Waals surface area contributed by atoms with Crippen LogP contribution in [0.2, 0.25) is 0 Å². The molecule has 6 nitrogen and oxygen atoms in total. The summed E-state index contributed by atoms with van der Waals surface area (Å²) in [4.78, 5) is 14.2. The molecule has 1 saturated heterocycles. The molecule has 1 amide bonds. The van der Waals surface area contributed by atoms with Crippen molar-refractivity contribution in [3.8, 4) is 0 Å². The number of rotatable bonds is 7. The average Bonchev–Trinajstić information content (AvgIpc) is 2.75. The van der Waals surface area contributed by atoms with Crippen LogP contribution in [0.25, 0.3) is 0 Å². The van der Waals surface area contributed by atoms with Gasteiger partial charge < -0.3 is 9.64 Å². The summed E-state index contributed by atoms with van der Waals surface area (Å²) in [6.45, 7) is 5.01. The van der Waals surface area contributed by atoms with Gasteiger partial charge in [0.2, 0.25) is 10.0 Å². The number of amides is 1. The SMILES string of the molecule is CCN(CC)S(=O)(=O)c1cc(C(=O)N2CCC(OC3CCCCC3)CC2)ccc1F. The molecule has 0 unspecified atom stereocenters. The molecule has 1 aliphatic carbocycles. The third kappa shape index (κ3) is 5.21. The lowest BCUT2D eigenvalue weighted by Gasteiger charge is -2.35. The first-order valence-electron chi connectivity index (χ1n) is 11.1. The highest BCUT2D eigenvalue weighted by Crippen LogP contribution is 2.26. The third-order valence-corrected chi connectivity index (χ3v) is 8.23. The Morgan fingerprint density at radius 1 is 1.07 bits per heavy atom. The highest BCUT2D eigenvalue weighted by atomic mass is 32.2. The van der Waals surface area contributed by atoms with Crippen LogP contribution in [0.3, 0.4) is 0 Å². The van der Waals surface area contributed by atoms with Gasteiger partial charge in [0, 0.05) is 31.7 Å². The van der Waals surface area contributed by atoms with Gasteiger partial charge in [-0.15, -0.1) is 0 Å². The van der Waals surface area contributed by atoms with Gasteiger partial charge in [0.1, 0.15) is 10.7 Å². The van der Waals surface area contributed by atoms with Crippen LogP contribution >= 0.6 is 0 Å². The Kier molecular flexibility index (Phi) is 7.87. The van der Waals surface area contributed by atoms with Crippen molar-refractivity contribution in [1.82, 2.24) is 9.21 Å². The Bertz CT molecular complexity index is 828. The van der Waals surface area contributed by atoms with Crippen LogP contribution in [0.1, 0.15) is 69.2 Å². The van der Waals surface area contributed by atoms with Crippen molar-refractivity contribution in [2.75, 3.05) is 26.2 Å². The summed E-state index contributed by atoms with van der Waals surface area (Å²) in [6.07, 6.45) is 8.05. The fourth-order valence-corrected chi connectivity index (χ4v) is 5.94. The number of carbonyl (C=O) groups is 1. The Labute approximate surface area is 179 Å². The standard InChI is InChI=1S/C22H33FN2O4S/c1-3-25(4-2)30(27,28)21-16-17(10-11-20(21)23)22(26)24-14-12-19(13-15-24)29-18-8-6-5-7-9-18/h10-11,16,18-19H,3-9,12-15H2,1-2H3. The number of benzene rings is 1. The zero-order valence-electron chi connectivity index (χ0n) is 18.0. The van der Waals surface area contributed by atoms with Crippen LogP contribution in [0.5, 0.6) is 0 Å². The fraction of sp³-hybridized carbons (Fsp3) is 0.682. The van der Waals surface area contributed by atoms with E-state index < -0.39 is 20.7 Å². The molecule has 0 radical (unpaired) electrons. The molecule has 1 heterocycles. The molecule has 8 heteroatoms. The Balaban J connectivity index is 1.66. The number of nitrogens with zero attached hydrogens (tertiary/aromatic N) is 2. The molecule has 1 aromatic rings. The molecule has 0 atom stereocenters. The van der Waals surface area contributed by atoms with E-state index in [1.165, 1.54) is 35.7 Å². The van der Waals surface area contributed by atoms with Gasteiger partial charge in [0.05, 0.1) is 12.2 Å². The van der Waals surface area contributed by atoms with Gasteiger partial charge in [-0.1, -0.05) is 33.1 Å². The van der Waals surface area contributed by atoms with Crippen molar-refractivity contribution in [3.05, 3.63) is 29.6 Å². The van der Waals surface area contributed by atoms with Gasteiger partial charge in [0.15, 0.2) is 0 Å². The second-order valence-corrected chi connectivity index (χ2v) is 10.0. The van der Waals surface area contributed by atoms with E-state index in [1.54, 1.807) is 18.7 Å². The van der Waals surface area contributed by atoms with E-state index in [4.69, 9.17) is 4.74 Å². The minimum atomic E-state index is -3.98. The lowest BCUT2D eigenvalue weighted by Crippen LogP contribution is -2.42. The summed E-state index contributed by atoms with van der Waals surface area (Å²) >= 11 is 0. The molecule has 1 aromatic carbocycles. The van der Waals surface area contributed by atoms with Crippen LogP contribution < -0.4 is 0 Å². The lowest BCUT2D eigenvalue weighted by atomic mass is 9.97. The Morgan fingerprint density at radius 3 is 2.27 bits per heavy atom. The molecule has 2 aliphatic rings. The number of hydrogen-bond donors (Lipinski definition) is 0. The van der Waals surface area contributed by atoms with Crippen LogP contribution in [-0.2, 0) is 14.8 Å². The van der Waals surface area contributed by atoms with Crippen LogP contribution in [0, 0.1) is 5.82 Å². The first-order valence-corrected chi connectivity index (χ1v) is 12.5. The van der Waals surface area contributed by atoms with E-state index in [0.29, 0.717) is 19.2 Å². The van der Waals surface area contributed by atoms with Gasteiger partial charge in [-0.05, 0) is 43.9 Å². The number of likely N-dealkylation sites (tertiary alicyclic amines) is 1. The van der Waals surface area contributed by atoms with E-state index in [2.05, 4.69) is 0 Å². The Morgan fingerprint density at radius 2 is 1.67 bits per heavy atom. The quantitative estimate of drug-likeness (QED) is 0.647. The fourth-order valence-electron chi connectivity index (χ4n) is 4.39.